The first-order chi connectivity index (χ1) is 15.8. The van der Waals surface area contributed by atoms with Crippen LogP contribution in [0, 0.1) is 6.92 Å². The summed E-state index contributed by atoms with van der Waals surface area (Å²) in [6.07, 6.45) is 0.579. The van der Waals surface area contributed by atoms with E-state index in [1.807, 2.05) is 11.8 Å². The molecule has 13 heteroatoms. The Hall–Kier alpha value is -2.15. The van der Waals surface area contributed by atoms with E-state index in [-0.39, 0.29) is 36.3 Å². The molecule has 0 bridgehead atoms. The van der Waals surface area contributed by atoms with Crippen molar-refractivity contribution in [2.75, 3.05) is 44.7 Å². The summed E-state index contributed by atoms with van der Waals surface area (Å²) in [6, 6.07) is 2.92. The van der Waals surface area contributed by atoms with Crippen molar-refractivity contribution in [3.05, 3.63) is 38.9 Å². The maximum absolute atomic E-state index is 12.2. The molecular weight excluding hydrogens is 495 g/mol. The van der Waals surface area contributed by atoms with Crippen LogP contribution in [0.1, 0.15) is 27.9 Å². The third-order valence-corrected chi connectivity index (χ3v) is 6.35. The number of halogens is 2. The van der Waals surface area contributed by atoms with Gasteiger partial charge in [0, 0.05) is 25.2 Å². The number of carboxylic acid groups (broad SMARTS) is 1. The van der Waals surface area contributed by atoms with Gasteiger partial charge in [-0.05, 0) is 37.0 Å². The molecule has 0 aliphatic heterocycles. The van der Waals surface area contributed by atoms with Gasteiger partial charge in [-0.1, -0.05) is 35.3 Å². The lowest BCUT2D eigenvalue weighted by Crippen LogP contribution is -2.34. The average molecular weight is 521 g/mol. The topological polar surface area (TPSA) is 144 Å². The number of amides is 2. The number of urea groups is 1. The minimum absolute atomic E-state index is 0.0230. The molecule has 1 aromatic heterocycles. The molecule has 0 spiro atoms. The van der Waals surface area contributed by atoms with Gasteiger partial charge in [-0.3, -0.25) is 10.2 Å². The predicted molar refractivity (Wildman–Crippen MR) is 127 cm³/mol. The summed E-state index contributed by atoms with van der Waals surface area (Å²) >= 11 is 13.1. The molecule has 1 heterocycles. The van der Waals surface area contributed by atoms with E-state index in [4.69, 9.17) is 38.2 Å². The van der Waals surface area contributed by atoms with Gasteiger partial charge in [0.1, 0.15) is 11.6 Å². The number of anilines is 1. The number of rotatable bonds is 13. The molecule has 0 atom stereocenters. The zero-order chi connectivity index (χ0) is 24.4. The summed E-state index contributed by atoms with van der Waals surface area (Å²) < 4.78 is 9.55. The number of nitrogens with one attached hydrogen (secondary N) is 2. The van der Waals surface area contributed by atoms with Crippen molar-refractivity contribution in [2.24, 2.45) is 0 Å². The molecule has 2 aromatic rings. The Balaban J connectivity index is 1.94. The van der Waals surface area contributed by atoms with Crippen molar-refractivity contribution in [2.45, 2.75) is 20.0 Å². The van der Waals surface area contributed by atoms with Gasteiger partial charge in [0.05, 0.1) is 23.3 Å². The van der Waals surface area contributed by atoms with E-state index < -0.39 is 12.0 Å². The van der Waals surface area contributed by atoms with Gasteiger partial charge in [0.2, 0.25) is 5.88 Å². The van der Waals surface area contributed by atoms with Crippen LogP contribution in [0.4, 0.5) is 9.80 Å². The lowest BCUT2D eigenvalue weighted by atomic mass is 10.1. The Labute approximate surface area is 205 Å². The maximum atomic E-state index is 12.2. The third-order valence-electron chi connectivity index (χ3n) is 4.59. The Morgan fingerprint density at radius 2 is 1.85 bits per heavy atom. The minimum Gasteiger partial charge on any atom is -0.477 e. The van der Waals surface area contributed by atoms with Crippen molar-refractivity contribution < 1.29 is 29.6 Å². The van der Waals surface area contributed by atoms with E-state index >= 15 is 0 Å². The number of benzene rings is 1. The summed E-state index contributed by atoms with van der Waals surface area (Å²) in [4.78, 5) is 25.8. The van der Waals surface area contributed by atoms with Gasteiger partial charge in [-0.2, -0.15) is 4.37 Å². The quantitative estimate of drug-likeness (QED) is 0.253. The van der Waals surface area contributed by atoms with Gasteiger partial charge >= 0.3 is 12.0 Å². The van der Waals surface area contributed by atoms with E-state index in [0.29, 0.717) is 48.2 Å². The van der Waals surface area contributed by atoms with Crippen LogP contribution in [0.2, 0.25) is 10.0 Å². The third kappa shape index (κ3) is 7.98. The molecule has 10 nitrogen and oxygen atoms in total. The first-order valence-electron chi connectivity index (χ1n) is 10.1. The van der Waals surface area contributed by atoms with Gasteiger partial charge in [0.15, 0.2) is 5.56 Å². The van der Waals surface area contributed by atoms with E-state index in [9.17, 15) is 14.7 Å². The normalized spacial score (nSPS) is 11.0. The van der Waals surface area contributed by atoms with Crippen molar-refractivity contribution in [3.8, 4) is 5.88 Å². The monoisotopic (exact) mass is 520 g/mol. The first kappa shape index (κ1) is 27.1. The van der Waals surface area contributed by atoms with Gasteiger partial charge in [0.25, 0.3) is 0 Å². The fourth-order valence-electron chi connectivity index (χ4n) is 2.86. The van der Waals surface area contributed by atoms with Crippen molar-refractivity contribution >= 4 is 51.7 Å². The molecule has 0 aliphatic carbocycles. The predicted octanol–water partition coefficient (Wildman–Crippen LogP) is 2.83. The van der Waals surface area contributed by atoms with Gasteiger partial charge in [-0.15, -0.1) is 0 Å². The molecular formula is C20H26Cl2N4O6S. The summed E-state index contributed by atoms with van der Waals surface area (Å²) in [6.45, 7) is 3.46. The van der Waals surface area contributed by atoms with Crippen LogP contribution in [0.5, 0.6) is 5.88 Å². The highest BCUT2D eigenvalue weighted by molar-refractivity contribution is 7.11. The Bertz CT molecular complexity index is 953. The van der Waals surface area contributed by atoms with Crippen LogP contribution >= 0.6 is 34.7 Å². The van der Waals surface area contributed by atoms with Crippen molar-refractivity contribution in [1.82, 2.24) is 14.6 Å². The molecule has 1 aromatic carbocycles. The molecule has 33 heavy (non-hydrogen) atoms. The molecule has 5 N–H and O–H groups in total. The number of carbonyl (C=O) groups is 2. The van der Waals surface area contributed by atoms with Gasteiger partial charge < -0.3 is 25.4 Å². The Morgan fingerprint density at radius 1 is 1.15 bits per heavy atom. The SMILES string of the molecule is Cc1ccc(COc2nsc(NC(=O)NCCCN(CCO)CCO)c2C(=O)O)c(Cl)c1Cl. The second-order valence-electron chi connectivity index (χ2n) is 6.98. The number of hydrogen-bond acceptors (Lipinski definition) is 8. The van der Waals surface area contributed by atoms with Crippen LogP contribution in [-0.4, -0.2) is 76.0 Å². The van der Waals surface area contributed by atoms with Crippen LogP contribution in [0.3, 0.4) is 0 Å². The van der Waals surface area contributed by atoms with E-state index in [0.717, 1.165) is 17.1 Å². The van der Waals surface area contributed by atoms with Crippen molar-refractivity contribution in [1.29, 1.82) is 0 Å². The number of hydrogen-bond donors (Lipinski definition) is 5. The Morgan fingerprint density at radius 3 is 2.48 bits per heavy atom. The molecule has 182 valence electrons. The van der Waals surface area contributed by atoms with E-state index in [1.165, 1.54) is 0 Å². The lowest BCUT2D eigenvalue weighted by Gasteiger charge is -2.19. The smallest absolute Gasteiger partial charge is 0.344 e. The lowest BCUT2D eigenvalue weighted by molar-refractivity contribution is 0.0693. The summed E-state index contributed by atoms with van der Waals surface area (Å²) in [5.41, 5.74) is 1.11. The average Bonchev–Trinajstić information content (AvgIpc) is 3.17. The number of aryl methyl sites for hydroxylation is 1. The molecule has 0 fully saturated rings. The molecule has 0 radical (unpaired) electrons. The highest BCUT2D eigenvalue weighted by Crippen LogP contribution is 2.33. The molecule has 0 aliphatic rings. The number of aliphatic hydroxyl groups is 2. The molecule has 0 saturated heterocycles. The van der Waals surface area contributed by atoms with Crippen LogP contribution in [0.25, 0.3) is 0 Å². The summed E-state index contributed by atoms with van der Waals surface area (Å²) in [5.74, 6) is -1.44. The maximum Gasteiger partial charge on any atom is 0.344 e. The molecule has 2 rings (SSSR count). The second-order valence-corrected chi connectivity index (χ2v) is 8.51. The number of carbonyl (C=O) groups excluding carboxylic acids is 1. The zero-order valence-corrected chi connectivity index (χ0v) is 20.3. The number of carboxylic acids is 1. The van der Waals surface area contributed by atoms with Gasteiger partial charge in [-0.25, -0.2) is 9.59 Å². The minimum atomic E-state index is -1.30. The van der Waals surface area contributed by atoms with Crippen LogP contribution in [-0.2, 0) is 6.61 Å². The Kier molecular flexibility index (Phi) is 11.1. The summed E-state index contributed by atoms with van der Waals surface area (Å²) in [7, 11) is 0. The standard InChI is InChI=1S/C20H26Cl2N4O6S/c1-12-3-4-13(16(22)15(12)21)11-32-17-14(19(29)30)18(33-25-17)24-20(31)23-5-2-6-26(7-9-27)8-10-28/h3-4,27-28H,2,5-11H2,1H3,(H,29,30)(H2,23,24,31). The number of nitrogens with zero attached hydrogens (tertiary/aromatic N) is 2. The largest absolute Gasteiger partial charge is 0.477 e. The van der Waals surface area contributed by atoms with Crippen LogP contribution < -0.4 is 15.4 Å². The number of aromatic carboxylic acids is 1. The highest BCUT2D eigenvalue weighted by atomic mass is 35.5. The molecule has 2 amide bonds. The first-order valence-corrected chi connectivity index (χ1v) is 11.6. The summed E-state index contributed by atoms with van der Waals surface area (Å²) in [5, 5.41) is 33.4. The second kappa shape index (κ2) is 13.5. The fourth-order valence-corrected chi connectivity index (χ4v) is 4.04. The highest BCUT2D eigenvalue weighted by Gasteiger charge is 2.24. The number of aliphatic hydroxyl groups excluding tert-OH is 2. The number of ether oxygens (including phenoxy) is 1. The zero-order valence-electron chi connectivity index (χ0n) is 17.9. The molecule has 0 unspecified atom stereocenters. The molecule has 0 saturated carbocycles. The van der Waals surface area contributed by atoms with E-state index in [2.05, 4.69) is 15.0 Å². The number of aromatic nitrogens is 1. The van der Waals surface area contributed by atoms with Crippen LogP contribution in [0.15, 0.2) is 12.1 Å². The fraction of sp³-hybridized carbons (Fsp3) is 0.450. The van der Waals surface area contributed by atoms with Crippen molar-refractivity contribution in [3.63, 3.8) is 0 Å². The van der Waals surface area contributed by atoms with E-state index in [1.54, 1.807) is 12.1 Å².